The standard InChI is InChI=1S/C30H33N3O4/c1-19-12-13-26(34)33(18-19)29(22-10-5-4-6-11-22)30(37)32-25(15-27(35)36)23-14-24(17-31-16-23)28-20(2)8-7-9-21(28)3/h4-11,14,16-17,19,25,29H,12-13,15,18H2,1-3H3,(H,32,37)(H,35,36). The Balaban J connectivity index is 1.69. The van der Waals surface area contributed by atoms with Gasteiger partial charge in [0.05, 0.1) is 12.5 Å². The van der Waals surface area contributed by atoms with E-state index in [-0.39, 0.29) is 18.2 Å². The Morgan fingerprint density at radius 1 is 1.05 bits per heavy atom. The Morgan fingerprint density at radius 2 is 1.76 bits per heavy atom. The van der Waals surface area contributed by atoms with Gasteiger partial charge in [0.1, 0.15) is 6.04 Å². The first-order chi connectivity index (χ1) is 17.7. The molecule has 37 heavy (non-hydrogen) atoms. The lowest BCUT2D eigenvalue weighted by Gasteiger charge is -2.37. The lowest BCUT2D eigenvalue weighted by molar-refractivity contribution is -0.145. The van der Waals surface area contributed by atoms with E-state index in [4.69, 9.17) is 0 Å². The van der Waals surface area contributed by atoms with Crippen molar-refractivity contribution in [2.24, 2.45) is 5.92 Å². The van der Waals surface area contributed by atoms with Gasteiger partial charge in [-0.25, -0.2) is 0 Å². The molecule has 2 amide bonds. The summed E-state index contributed by atoms with van der Waals surface area (Å²) in [4.78, 5) is 44.5. The van der Waals surface area contributed by atoms with Gasteiger partial charge in [-0.2, -0.15) is 0 Å². The number of rotatable bonds is 8. The van der Waals surface area contributed by atoms with Gasteiger partial charge in [0, 0.05) is 30.9 Å². The quantitative estimate of drug-likeness (QED) is 0.455. The molecule has 0 spiro atoms. The maximum Gasteiger partial charge on any atom is 0.305 e. The molecule has 7 heteroatoms. The fraction of sp³-hybridized carbons (Fsp3) is 0.333. The molecule has 0 saturated carbocycles. The smallest absolute Gasteiger partial charge is 0.305 e. The Kier molecular flexibility index (Phi) is 8.01. The molecule has 1 saturated heterocycles. The number of carboxylic acid groups (broad SMARTS) is 1. The monoisotopic (exact) mass is 499 g/mol. The zero-order valence-electron chi connectivity index (χ0n) is 21.5. The second-order valence-corrected chi connectivity index (χ2v) is 9.94. The van der Waals surface area contributed by atoms with Gasteiger partial charge in [-0.05, 0) is 60.1 Å². The minimum atomic E-state index is -1.04. The van der Waals surface area contributed by atoms with E-state index in [1.165, 1.54) is 0 Å². The molecule has 0 bridgehead atoms. The van der Waals surface area contributed by atoms with E-state index in [1.54, 1.807) is 17.3 Å². The number of carboxylic acids is 1. The normalized spacial score (nSPS) is 17.2. The van der Waals surface area contributed by atoms with E-state index in [2.05, 4.69) is 17.2 Å². The van der Waals surface area contributed by atoms with E-state index < -0.39 is 24.0 Å². The minimum Gasteiger partial charge on any atom is -0.481 e. The summed E-state index contributed by atoms with van der Waals surface area (Å²) in [6.45, 7) is 6.58. The Hall–Kier alpha value is -4.00. The zero-order valence-corrected chi connectivity index (χ0v) is 21.5. The van der Waals surface area contributed by atoms with Crippen LogP contribution in [0.5, 0.6) is 0 Å². The van der Waals surface area contributed by atoms with Gasteiger partial charge in [0.25, 0.3) is 0 Å². The molecule has 4 rings (SSSR count). The molecule has 3 aromatic rings. The second-order valence-electron chi connectivity index (χ2n) is 9.94. The fourth-order valence-electron chi connectivity index (χ4n) is 5.13. The zero-order chi connectivity index (χ0) is 26.5. The molecule has 0 aliphatic carbocycles. The second kappa shape index (κ2) is 11.4. The number of aromatic nitrogens is 1. The van der Waals surface area contributed by atoms with Crippen LogP contribution in [0.3, 0.4) is 0 Å². The Labute approximate surface area is 217 Å². The molecule has 1 fully saturated rings. The number of aryl methyl sites for hydroxylation is 2. The molecule has 3 unspecified atom stereocenters. The van der Waals surface area contributed by atoms with Gasteiger partial charge in [0.2, 0.25) is 11.8 Å². The van der Waals surface area contributed by atoms with E-state index >= 15 is 0 Å². The molecule has 2 aromatic carbocycles. The highest BCUT2D eigenvalue weighted by molar-refractivity contribution is 5.89. The first kappa shape index (κ1) is 26.1. The van der Waals surface area contributed by atoms with Crippen molar-refractivity contribution < 1.29 is 19.5 Å². The first-order valence-electron chi connectivity index (χ1n) is 12.6. The summed E-state index contributed by atoms with van der Waals surface area (Å²) >= 11 is 0. The van der Waals surface area contributed by atoms with Crippen molar-refractivity contribution in [3.63, 3.8) is 0 Å². The van der Waals surface area contributed by atoms with Crippen LogP contribution in [0.4, 0.5) is 0 Å². The number of carbonyl (C=O) groups excluding carboxylic acids is 2. The lowest BCUT2D eigenvalue weighted by atomic mass is 9.93. The van der Waals surface area contributed by atoms with Gasteiger partial charge < -0.3 is 15.3 Å². The van der Waals surface area contributed by atoms with Gasteiger partial charge in [-0.3, -0.25) is 19.4 Å². The van der Waals surface area contributed by atoms with Crippen LogP contribution in [0.2, 0.25) is 0 Å². The molecule has 2 heterocycles. The summed E-state index contributed by atoms with van der Waals surface area (Å²) in [5.74, 6) is -1.25. The van der Waals surface area contributed by atoms with Gasteiger partial charge >= 0.3 is 5.97 Å². The van der Waals surface area contributed by atoms with Crippen molar-refractivity contribution in [3.05, 3.63) is 89.2 Å². The molecule has 1 aromatic heterocycles. The highest BCUT2D eigenvalue weighted by Gasteiger charge is 2.36. The van der Waals surface area contributed by atoms with Crippen molar-refractivity contribution in [1.82, 2.24) is 15.2 Å². The topological polar surface area (TPSA) is 99.6 Å². The van der Waals surface area contributed by atoms with Crippen LogP contribution >= 0.6 is 0 Å². The molecule has 192 valence electrons. The molecular weight excluding hydrogens is 466 g/mol. The van der Waals surface area contributed by atoms with Crippen molar-refractivity contribution in [1.29, 1.82) is 0 Å². The van der Waals surface area contributed by atoms with Crippen molar-refractivity contribution in [3.8, 4) is 11.1 Å². The molecular formula is C30H33N3O4. The van der Waals surface area contributed by atoms with Gasteiger partial charge in [-0.1, -0.05) is 55.5 Å². The first-order valence-corrected chi connectivity index (χ1v) is 12.6. The van der Waals surface area contributed by atoms with E-state index in [0.717, 1.165) is 28.7 Å². The summed E-state index contributed by atoms with van der Waals surface area (Å²) in [7, 11) is 0. The van der Waals surface area contributed by atoms with Crippen LogP contribution in [-0.2, 0) is 14.4 Å². The summed E-state index contributed by atoms with van der Waals surface area (Å²) in [6.07, 6.45) is 4.21. The number of amides is 2. The van der Waals surface area contributed by atoms with Crippen LogP contribution in [0.15, 0.2) is 67.0 Å². The number of benzene rings is 2. The van der Waals surface area contributed by atoms with Crippen LogP contribution in [0.1, 0.15) is 60.5 Å². The average Bonchev–Trinajstić information content (AvgIpc) is 2.86. The minimum absolute atomic E-state index is 0.0735. The number of hydrogen-bond donors (Lipinski definition) is 2. The predicted molar refractivity (Wildman–Crippen MR) is 142 cm³/mol. The number of piperidine rings is 1. The fourth-order valence-corrected chi connectivity index (χ4v) is 5.13. The number of likely N-dealkylation sites (tertiary alicyclic amines) is 1. The molecule has 1 aliphatic heterocycles. The summed E-state index contributed by atoms with van der Waals surface area (Å²) in [5, 5.41) is 12.6. The number of carbonyl (C=O) groups is 3. The summed E-state index contributed by atoms with van der Waals surface area (Å²) in [6, 6.07) is 15.4. The number of nitrogens with zero attached hydrogens (tertiary/aromatic N) is 2. The van der Waals surface area contributed by atoms with E-state index in [1.807, 2.05) is 68.4 Å². The lowest BCUT2D eigenvalue weighted by Crippen LogP contribution is -2.48. The maximum absolute atomic E-state index is 13.8. The molecule has 1 aliphatic rings. The predicted octanol–water partition coefficient (Wildman–Crippen LogP) is 5.00. The molecule has 3 atom stereocenters. The largest absolute Gasteiger partial charge is 0.481 e. The van der Waals surface area contributed by atoms with Crippen molar-refractivity contribution in [2.45, 2.75) is 52.1 Å². The third-order valence-electron chi connectivity index (χ3n) is 6.98. The van der Waals surface area contributed by atoms with Crippen LogP contribution < -0.4 is 5.32 Å². The van der Waals surface area contributed by atoms with Gasteiger partial charge in [0.15, 0.2) is 0 Å². The van der Waals surface area contributed by atoms with Crippen molar-refractivity contribution in [2.75, 3.05) is 6.54 Å². The number of hydrogen-bond acceptors (Lipinski definition) is 4. The highest BCUT2D eigenvalue weighted by Crippen LogP contribution is 2.31. The average molecular weight is 500 g/mol. The Morgan fingerprint density at radius 3 is 2.43 bits per heavy atom. The molecule has 0 radical (unpaired) electrons. The SMILES string of the molecule is Cc1cccc(C)c1-c1cncc(C(CC(=O)O)NC(=O)C(c2ccccc2)N2CC(C)CCC2=O)c1. The number of nitrogens with one attached hydrogen (secondary N) is 1. The number of pyridine rings is 1. The summed E-state index contributed by atoms with van der Waals surface area (Å²) < 4.78 is 0. The molecule has 2 N–H and O–H groups in total. The third-order valence-corrected chi connectivity index (χ3v) is 6.98. The summed E-state index contributed by atoms with van der Waals surface area (Å²) in [5.41, 5.74) is 5.35. The van der Waals surface area contributed by atoms with Crippen LogP contribution in [0, 0.1) is 19.8 Å². The highest BCUT2D eigenvalue weighted by atomic mass is 16.4. The molecule has 7 nitrogen and oxygen atoms in total. The Bertz CT molecular complexity index is 1270. The van der Waals surface area contributed by atoms with Crippen LogP contribution in [-0.4, -0.2) is 39.3 Å². The van der Waals surface area contributed by atoms with Crippen LogP contribution in [0.25, 0.3) is 11.1 Å². The maximum atomic E-state index is 13.8. The van der Waals surface area contributed by atoms with Crippen molar-refractivity contribution >= 4 is 17.8 Å². The van der Waals surface area contributed by atoms with Gasteiger partial charge in [-0.15, -0.1) is 0 Å². The van der Waals surface area contributed by atoms with E-state index in [9.17, 15) is 19.5 Å². The van der Waals surface area contributed by atoms with E-state index in [0.29, 0.717) is 24.1 Å². The number of aliphatic carboxylic acids is 1. The third kappa shape index (κ3) is 6.05.